The molecule has 0 aliphatic heterocycles. The molecule has 2 aromatic rings. The average molecular weight is 348 g/mol. The Morgan fingerprint density at radius 1 is 1.19 bits per heavy atom. The number of carbonyl (C=O) groups excluding carboxylic acids is 1. The molecule has 1 amide bonds. The fourth-order valence-corrected chi connectivity index (χ4v) is 2.79. The maximum atomic E-state index is 13.9. The Labute approximate surface area is 131 Å². The first-order valence-corrected chi connectivity index (χ1v) is 7.75. The maximum absolute atomic E-state index is 13.9. The molecule has 4 heteroatoms. The van der Waals surface area contributed by atoms with Gasteiger partial charge in [0.05, 0.1) is 11.6 Å². The maximum Gasteiger partial charge on any atom is 0.254 e. The van der Waals surface area contributed by atoms with E-state index in [1.807, 2.05) is 30.3 Å². The molecule has 1 fully saturated rings. The van der Waals surface area contributed by atoms with Crippen molar-refractivity contribution in [3.63, 3.8) is 0 Å². The molecule has 0 saturated heterocycles. The van der Waals surface area contributed by atoms with E-state index in [-0.39, 0.29) is 17.5 Å². The van der Waals surface area contributed by atoms with Crippen LogP contribution in [-0.4, -0.2) is 5.91 Å². The number of benzene rings is 2. The third-order valence-electron chi connectivity index (χ3n) is 3.71. The minimum Gasteiger partial charge on any atom is -0.345 e. The zero-order valence-corrected chi connectivity index (χ0v) is 12.9. The molecule has 2 nitrogen and oxygen atoms in total. The zero-order chi connectivity index (χ0) is 14.8. The van der Waals surface area contributed by atoms with Crippen LogP contribution >= 0.6 is 15.9 Å². The van der Waals surface area contributed by atoms with Crippen molar-refractivity contribution < 1.29 is 9.18 Å². The van der Waals surface area contributed by atoms with Crippen LogP contribution in [0.4, 0.5) is 4.39 Å². The lowest BCUT2D eigenvalue weighted by Crippen LogP contribution is -2.30. The van der Waals surface area contributed by atoms with Crippen LogP contribution in [0.25, 0.3) is 0 Å². The van der Waals surface area contributed by atoms with E-state index in [0.29, 0.717) is 10.4 Å². The van der Waals surface area contributed by atoms with Gasteiger partial charge < -0.3 is 5.32 Å². The number of halogens is 2. The summed E-state index contributed by atoms with van der Waals surface area (Å²) in [5, 5.41) is 2.98. The van der Waals surface area contributed by atoms with Gasteiger partial charge in [-0.1, -0.05) is 46.3 Å². The summed E-state index contributed by atoms with van der Waals surface area (Å²) in [5.41, 5.74) is 1.16. The fraction of sp³-hybridized carbons (Fsp3) is 0.235. The van der Waals surface area contributed by atoms with Crippen molar-refractivity contribution in [1.82, 2.24) is 5.32 Å². The molecule has 0 heterocycles. The Bertz CT molecular complexity index is 655. The Balaban J connectivity index is 1.81. The zero-order valence-electron chi connectivity index (χ0n) is 11.4. The van der Waals surface area contributed by atoms with Crippen LogP contribution in [-0.2, 0) is 0 Å². The molecule has 0 aromatic heterocycles. The third-order valence-corrected chi connectivity index (χ3v) is 4.21. The van der Waals surface area contributed by atoms with Crippen LogP contribution in [0, 0.1) is 11.7 Å². The van der Waals surface area contributed by atoms with Crippen molar-refractivity contribution in [2.45, 2.75) is 18.9 Å². The van der Waals surface area contributed by atoms with Crippen LogP contribution < -0.4 is 5.32 Å². The van der Waals surface area contributed by atoms with Crippen molar-refractivity contribution in [2.24, 2.45) is 5.92 Å². The molecule has 1 aliphatic rings. The molecule has 108 valence electrons. The molecule has 1 atom stereocenters. The summed E-state index contributed by atoms with van der Waals surface area (Å²) in [6, 6.07) is 14.3. The van der Waals surface area contributed by atoms with Crippen molar-refractivity contribution in [3.8, 4) is 0 Å². The van der Waals surface area contributed by atoms with Gasteiger partial charge in [-0.25, -0.2) is 4.39 Å². The monoisotopic (exact) mass is 347 g/mol. The lowest BCUT2D eigenvalue weighted by molar-refractivity contribution is 0.0927. The minimum absolute atomic E-state index is 0.0400. The van der Waals surface area contributed by atoms with Gasteiger partial charge in [0.2, 0.25) is 0 Å². The number of hydrogen-bond donors (Lipinski definition) is 1. The Hall–Kier alpha value is -1.68. The van der Waals surface area contributed by atoms with Crippen LogP contribution in [0.1, 0.15) is 34.8 Å². The van der Waals surface area contributed by atoms with Crippen LogP contribution in [0.15, 0.2) is 53.0 Å². The largest absolute Gasteiger partial charge is 0.345 e. The minimum atomic E-state index is -0.510. The number of amides is 1. The molecule has 1 saturated carbocycles. The normalized spacial score (nSPS) is 15.5. The second-order valence-electron chi connectivity index (χ2n) is 5.32. The highest BCUT2D eigenvalue weighted by Crippen LogP contribution is 2.41. The van der Waals surface area contributed by atoms with Gasteiger partial charge in [-0.2, -0.15) is 0 Å². The predicted molar refractivity (Wildman–Crippen MR) is 83.5 cm³/mol. The number of hydrogen-bond acceptors (Lipinski definition) is 1. The van der Waals surface area contributed by atoms with Gasteiger partial charge in [-0.05, 0) is 42.5 Å². The summed E-state index contributed by atoms with van der Waals surface area (Å²) in [7, 11) is 0. The van der Waals surface area contributed by atoms with Crippen LogP contribution in [0.3, 0.4) is 0 Å². The average Bonchev–Trinajstić information content (AvgIpc) is 3.30. The molecule has 1 unspecified atom stereocenters. The topological polar surface area (TPSA) is 29.1 Å². The SMILES string of the molecule is O=C(NC(c1ccccc1)C1CC1)c1ccc(Br)cc1F. The molecule has 0 spiro atoms. The van der Waals surface area contributed by atoms with Gasteiger partial charge >= 0.3 is 0 Å². The van der Waals surface area contributed by atoms with Crippen molar-refractivity contribution in [3.05, 3.63) is 69.9 Å². The summed E-state index contributed by atoms with van der Waals surface area (Å²) in [6.07, 6.45) is 2.20. The lowest BCUT2D eigenvalue weighted by Gasteiger charge is -2.19. The highest BCUT2D eigenvalue weighted by molar-refractivity contribution is 9.10. The first kappa shape index (κ1) is 14.3. The molecule has 1 N–H and O–H groups in total. The van der Waals surface area contributed by atoms with Crippen LogP contribution in [0.5, 0.6) is 0 Å². The van der Waals surface area contributed by atoms with Gasteiger partial charge in [-0.15, -0.1) is 0 Å². The van der Waals surface area contributed by atoms with E-state index in [1.54, 1.807) is 6.07 Å². The second kappa shape index (κ2) is 5.98. The molecule has 2 aromatic carbocycles. The number of nitrogens with one attached hydrogen (secondary N) is 1. The standard InChI is InChI=1S/C17H15BrFNO/c18-13-8-9-14(15(19)10-13)17(21)20-16(12-6-7-12)11-4-2-1-3-5-11/h1-5,8-10,12,16H,6-7H2,(H,20,21). The van der Waals surface area contributed by atoms with E-state index in [0.717, 1.165) is 18.4 Å². The summed E-state index contributed by atoms with van der Waals surface area (Å²) in [5.74, 6) is -0.417. The first-order valence-electron chi connectivity index (χ1n) is 6.96. The van der Waals surface area contributed by atoms with Gasteiger partial charge in [-0.3, -0.25) is 4.79 Å². The highest BCUT2D eigenvalue weighted by atomic mass is 79.9. The smallest absolute Gasteiger partial charge is 0.254 e. The lowest BCUT2D eigenvalue weighted by atomic mass is 10.0. The summed E-state index contributed by atoms with van der Waals surface area (Å²) in [6.45, 7) is 0. The summed E-state index contributed by atoms with van der Waals surface area (Å²) >= 11 is 3.19. The van der Waals surface area contributed by atoms with E-state index < -0.39 is 5.82 Å². The second-order valence-corrected chi connectivity index (χ2v) is 6.24. The van der Waals surface area contributed by atoms with E-state index >= 15 is 0 Å². The van der Waals surface area contributed by atoms with E-state index in [1.165, 1.54) is 12.1 Å². The summed E-state index contributed by atoms with van der Waals surface area (Å²) in [4.78, 5) is 12.3. The van der Waals surface area contributed by atoms with Crippen LogP contribution in [0.2, 0.25) is 0 Å². The molecular formula is C17H15BrFNO. The Morgan fingerprint density at radius 3 is 2.52 bits per heavy atom. The number of carbonyl (C=O) groups is 1. The molecular weight excluding hydrogens is 333 g/mol. The van der Waals surface area contributed by atoms with E-state index in [4.69, 9.17) is 0 Å². The van der Waals surface area contributed by atoms with E-state index in [9.17, 15) is 9.18 Å². The highest BCUT2D eigenvalue weighted by Gasteiger charge is 2.33. The molecule has 0 bridgehead atoms. The Morgan fingerprint density at radius 2 is 1.90 bits per heavy atom. The Kier molecular flexibility index (Phi) is 4.06. The molecule has 0 radical (unpaired) electrons. The van der Waals surface area contributed by atoms with Crippen molar-refractivity contribution in [1.29, 1.82) is 0 Å². The summed E-state index contributed by atoms with van der Waals surface area (Å²) < 4.78 is 14.5. The van der Waals surface area contributed by atoms with E-state index in [2.05, 4.69) is 21.2 Å². The first-order chi connectivity index (χ1) is 10.1. The van der Waals surface area contributed by atoms with Crippen molar-refractivity contribution in [2.75, 3.05) is 0 Å². The quantitative estimate of drug-likeness (QED) is 0.868. The molecule has 3 rings (SSSR count). The van der Waals surface area contributed by atoms with Gasteiger partial charge in [0.1, 0.15) is 5.82 Å². The third kappa shape index (κ3) is 3.32. The predicted octanol–water partition coefficient (Wildman–Crippen LogP) is 4.47. The molecule has 21 heavy (non-hydrogen) atoms. The van der Waals surface area contributed by atoms with Gasteiger partial charge in [0.25, 0.3) is 5.91 Å². The van der Waals surface area contributed by atoms with Gasteiger partial charge in [0.15, 0.2) is 0 Å². The number of rotatable bonds is 4. The van der Waals surface area contributed by atoms with Gasteiger partial charge in [0, 0.05) is 4.47 Å². The fourth-order valence-electron chi connectivity index (χ4n) is 2.46. The molecule has 1 aliphatic carbocycles. The van der Waals surface area contributed by atoms with Crippen molar-refractivity contribution >= 4 is 21.8 Å².